The summed E-state index contributed by atoms with van der Waals surface area (Å²) in [4.78, 5) is 0. The summed E-state index contributed by atoms with van der Waals surface area (Å²) in [6.45, 7) is 7.87. The quantitative estimate of drug-likeness (QED) is 0.394. The topological polar surface area (TPSA) is 34.1 Å². The second-order valence-electron chi connectivity index (χ2n) is 7.87. The number of hydrogen-bond acceptors (Lipinski definition) is 2. The predicted molar refractivity (Wildman–Crippen MR) is 110 cm³/mol. The average molecular weight is 367 g/mol. The molecule has 0 aliphatic rings. The molecule has 0 amide bonds. The maximum atomic E-state index is 12.3. The van der Waals surface area contributed by atoms with Gasteiger partial charge >= 0.3 is 0 Å². The van der Waals surface area contributed by atoms with Gasteiger partial charge in [0.05, 0.1) is 10.5 Å². The molecule has 0 unspecified atom stereocenters. The molecule has 0 aromatic heterocycles. The Bertz CT molecular complexity index is 571. The van der Waals surface area contributed by atoms with Crippen LogP contribution in [0.15, 0.2) is 24.3 Å². The second kappa shape index (κ2) is 11.0. The second-order valence-corrected chi connectivity index (χ2v) is 10.6. The van der Waals surface area contributed by atoms with Crippen molar-refractivity contribution in [1.82, 2.24) is 0 Å². The van der Waals surface area contributed by atoms with Gasteiger partial charge in [0.15, 0.2) is 9.84 Å². The van der Waals surface area contributed by atoms with Gasteiger partial charge < -0.3 is 0 Å². The highest BCUT2D eigenvalue weighted by atomic mass is 32.2. The van der Waals surface area contributed by atoms with Crippen molar-refractivity contribution in [3.63, 3.8) is 0 Å². The molecule has 1 aromatic rings. The molecule has 2 nitrogen and oxygen atoms in total. The van der Waals surface area contributed by atoms with Crippen molar-refractivity contribution < 1.29 is 8.42 Å². The Morgan fingerprint density at radius 1 is 0.760 bits per heavy atom. The molecule has 0 bridgehead atoms. The lowest BCUT2D eigenvalue weighted by atomic mass is 10.0. The van der Waals surface area contributed by atoms with Gasteiger partial charge in [-0.1, -0.05) is 63.8 Å². The first kappa shape index (κ1) is 22.2. The molecule has 0 aliphatic heterocycles. The van der Waals surface area contributed by atoms with E-state index in [4.69, 9.17) is 0 Å². The number of hydrogen-bond donors (Lipinski definition) is 0. The first-order chi connectivity index (χ1) is 11.8. The molecular formula is C22H38O2S. The highest BCUT2D eigenvalue weighted by Gasteiger charge is 2.31. The molecule has 144 valence electrons. The van der Waals surface area contributed by atoms with Crippen molar-refractivity contribution in [1.29, 1.82) is 0 Å². The van der Waals surface area contributed by atoms with Crippen molar-refractivity contribution in [3.05, 3.63) is 35.4 Å². The minimum absolute atomic E-state index is 0.340. The molecule has 1 rings (SSSR count). The van der Waals surface area contributed by atoms with Gasteiger partial charge in [0.1, 0.15) is 0 Å². The maximum absolute atomic E-state index is 12.3. The van der Waals surface area contributed by atoms with Crippen molar-refractivity contribution >= 4 is 9.84 Å². The summed E-state index contributed by atoms with van der Waals surface area (Å²) in [6, 6.07) is 9.07. The van der Waals surface area contributed by atoms with E-state index < -0.39 is 14.6 Å². The highest BCUT2D eigenvalue weighted by Crippen LogP contribution is 2.22. The van der Waals surface area contributed by atoms with Crippen LogP contribution in [-0.2, 0) is 22.7 Å². The number of sulfone groups is 1. The summed E-state index contributed by atoms with van der Waals surface area (Å²) in [6.07, 6.45) is 10.9. The lowest BCUT2D eigenvalue weighted by Crippen LogP contribution is -2.33. The van der Waals surface area contributed by atoms with Gasteiger partial charge in [0, 0.05) is 0 Å². The molecule has 0 saturated carbocycles. The van der Waals surface area contributed by atoms with Crippen LogP contribution in [0.3, 0.4) is 0 Å². The molecule has 0 N–H and O–H groups in total. The van der Waals surface area contributed by atoms with Gasteiger partial charge in [-0.3, -0.25) is 0 Å². The smallest absolute Gasteiger partial charge is 0.155 e. The lowest BCUT2D eigenvalue weighted by molar-refractivity contribution is 0.532. The average Bonchev–Trinajstić information content (AvgIpc) is 2.59. The van der Waals surface area contributed by atoms with E-state index in [0.717, 1.165) is 25.7 Å². The first-order valence-electron chi connectivity index (χ1n) is 10.1. The molecule has 0 spiro atoms. The minimum Gasteiger partial charge on any atom is -0.228 e. The molecule has 25 heavy (non-hydrogen) atoms. The molecule has 0 aliphatic carbocycles. The summed E-state index contributed by atoms with van der Waals surface area (Å²) < 4.78 is 23.9. The zero-order chi connectivity index (χ0) is 18.8. The van der Waals surface area contributed by atoms with Gasteiger partial charge in [-0.15, -0.1) is 0 Å². The van der Waals surface area contributed by atoms with Crippen LogP contribution >= 0.6 is 0 Å². The van der Waals surface area contributed by atoms with Gasteiger partial charge in [0.25, 0.3) is 0 Å². The minimum atomic E-state index is -2.96. The molecule has 1 aromatic carbocycles. The Labute approximate surface area is 156 Å². The highest BCUT2D eigenvalue weighted by molar-refractivity contribution is 7.92. The third-order valence-electron chi connectivity index (χ3n) is 5.41. The Kier molecular flexibility index (Phi) is 9.78. The zero-order valence-electron chi connectivity index (χ0n) is 16.8. The van der Waals surface area contributed by atoms with Crippen LogP contribution in [0.4, 0.5) is 0 Å². The van der Waals surface area contributed by atoms with Gasteiger partial charge in [-0.2, -0.15) is 0 Å². The number of benzene rings is 1. The van der Waals surface area contributed by atoms with E-state index >= 15 is 0 Å². The summed E-state index contributed by atoms with van der Waals surface area (Å²) >= 11 is 0. The van der Waals surface area contributed by atoms with Crippen molar-refractivity contribution in [2.24, 2.45) is 0 Å². The SMILES string of the molecule is CCCCc1ccc(CCCCCCCS(=O)(=O)C(C)(C)CC)cc1. The van der Waals surface area contributed by atoms with E-state index in [9.17, 15) is 8.42 Å². The largest absolute Gasteiger partial charge is 0.228 e. The van der Waals surface area contributed by atoms with Crippen molar-refractivity contribution in [2.75, 3.05) is 5.75 Å². The lowest BCUT2D eigenvalue weighted by Gasteiger charge is -2.22. The molecule has 0 atom stereocenters. The first-order valence-corrected chi connectivity index (χ1v) is 11.8. The Hall–Kier alpha value is -0.830. The van der Waals surface area contributed by atoms with E-state index in [1.807, 2.05) is 20.8 Å². The number of aryl methyl sites for hydroxylation is 2. The van der Waals surface area contributed by atoms with Crippen molar-refractivity contribution in [3.8, 4) is 0 Å². The Morgan fingerprint density at radius 3 is 1.76 bits per heavy atom. The Morgan fingerprint density at radius 2 is 1.24 bits per heavy atom. The molecule has 0 heterocycles. The van der Waals surface area contributed by atoms with Crippen LogP contribution in [-0.4, -0.2) is 18.9 Å². The van der Waals surface area contributed by atoms with Gasteiger partial charge in [0.2, 0.25) is 0 Å². The van der Waals surface area contributed by atoms with Crippen LogP contribution in [0.2, 0.25) is 0 Å². The third-order valence-corrected chi connectivity index (χ3v) is 8.21. The molecular weight excluding hydrogens is 328 g/mol. The summed E-state index contributed by atoms with van der Waals surface area (Å²) in [5, 5.41) is 0. The predicted octanol–water partition coefficient (Wildman–Crippen LogP) is 6.13. The van der Waals surface area contributed by atoms with Gasteiger partial charge in [-0.05, 0) is 63.5 Å². The number of unbranched alkanes of at least 4 members (excludes halogenated alkanes) is 5. The molecule has 0 saturated heterocycles. The van der Waals surface area contributed by atoms with E-state index in [0.29, 0.717) is 12.2 Å². The van der Waals surface area contributed by atoms with E-state index in [-0.39, 0.29) is 0 Å². The van der Waals surface area contributed by atoms with E-state index in [2.05, 4.69) is 31.2 Å². The fraction of sp³-hybridized carbons (Fsp3) is 0.727. The summed E-state index contributed by atoms with van der Waals surface area (Å²) in [7, 11) is -2.96. The fourth-order valence-corrected chi connectivity index (χ4v) is 4.48. The normalized spacial score (nSPS) is 12.5. The van der Waals surface area contributed by atoms with Crippen LogP contribution in [0.5, 0.6) is 0 Å². The zero-order valence-corrected chi connectivity index (χ0v) is 17.6. The van der Waals surface area contributed by atoms with Crippen LogP contribution < -0.4 is 0 Å². The standard InChI is InChI=1S/C22H38O2S/c1-5-7-13-20-15-17-21(18-16-20)14-11-9-8-10-12-19-25(23,24)22(3,4)6-2/h15-18H,5-14,19H2,1-4H3. The van der Waals surface area contributed by atoms with Gasteiger partial charge in [-0.25, -0.2) is 8.42 Å². The van der Waals surface area contributed by atoms with Crippen LogP contribution in [0.1, 0.15) is 90.2 Å². The molecule has 0 fully saturated rings. The maximum Gasteiger partial charge on any atom is 0.155 e. The van der Waals surface area contributed by atoms with E-state index in [1.54, 1.807) is 0 Å². The molecule has 3 heteroatoms. The van der Waals surface area contributed by atoms with E-state index in [1.165, 1.54) is 43.2 Å². The molecule has 0 radical (unpaired) electrons. The Balaban J connectivity index is 2.16. The fourth-order valence-electron chi connectivity index (χ4n) is 2.90. The summed E-state index contributed by atoms with van der Waals surface area (Å²) in [5.74, 6) is 0.340. The number of rotatable bonds is 13. The van der Waals surface area contributed by atoms with Crippen molar-refractivity contribution in [2.45, 2.75) is 96.7 Å². The third kappa shape index (κ3) is 7.94. The summed E-state index contributed by atoms with van der Waals surface area (Å²) in [5.41, 5.74) is 2.87. The van der Waals surface area contributed by atoms with Crippen LogP contribution in [0.25, 0.3) is 0 Å². The monoisotopic (exact) mass is 366 g/mol. The van der Waals surface area contributed by atoms with Crippen LogP contribution in [0, 0.1) is 0 Å².